The predicted octanol–water partition coefficient (Wildman–Crippen LogP) is 4.09. The van der Waals surface area contributed by atoms with Gasteiger partial charge in [0.05, 0.1) is 22.9 Å². The second-order valence-corrected chi connectivity index (χ2v) is 7.92. The Labute approximate surface area is 175 Å². The first-order valence-corrected chi connectivity index (χ1v) is 10.6. The molecule has 1 fully saturated rings. The molecule has 0 aliphatic carbocycles. The Morgan fingerprint density at radius 1 is 1.03 bits per heavy atom. The molecule has 0 radical (unpaired) electrons. The summed E-state index contributed by atoms with van der Waals surface area (Å²) in [5.41, 5.74) is 4.22. The molecule has 30 heavy (non-hydrogen) atoms. The van der Waals surface area contributed by atoms with Crippen LogP contribution in [0.25, 0.3) is 16.7 Å². The van der Waals surface area contributed by atoms with Crippen molar-refractivity contribution in [3.63, 3.8) is 0 Å². The van der Waals surface area contributed by atoms with Crippen molar-refractivity contribution in [2.24, 2.45) is 0 Å². The number of hydrogen-bond donors (Lipinski definition) is 1. The van der Waals surface area contributed by atoms with Gasteiger partial charge < -0.3 is 9.88 Å². The fourth-order valence-electron chi connectivity index (χ4n) is 4.19. The van der Waals surface area contributed by atoms with Crippen molar-refractivity contribution in [1.82, 2.24) is 24.6 Å². The number of carbonyl (C=O) groups excluding carboxylic acids is 1. The number of hydrogen-bond acceptors (Lipinski definition) is 3. The van der Waals surface area contributed by atoms with Crippen LogP contribution in [0.5, 0.6) is 0 Å². The van der Waals surface area contributed by atoms with Gasteiger partial charge in [0.1, 0.15) is 5.82 Å². The number of fused-ring (bicyclic) bond motifs is 1. The number of likely N-dealkylation sites (tertiary alicyclic amines) is 1. The maximum absolute atomic E-state index is 12.7. The van der Waals surface area contributed by atoms with Gasteiger partial charge in [0.2, 0.25) is 5.91 Å². The second kappa shape index (κ2) is 8.14. The van der Waals surface area contributed by atoms with E-state index in [0.717, 1.165) is 60.5 Å². The highest BCUT2D eigenvalue weighted by atomic mass is 16.2. The van der Waals surface area contributed by atoms with Crippen LogP contribution in [0.1, 0.15) is 36.6 Å². The lowest BCUT2D eigenvalue weighted by Crippen LogP contribution is -2.38. The number of aromatic amines is 1. The lowest BCUT2D eigenvalue weighted by atomic mass is 9.96. The summed E-state index contributed by atoms with van der Waals surface area (Å²) < 4.78 is 1.86. The van der Waals surface area contributed by atoms with Crippen LogP contribution in [-0.2, 0) is 11.2 Å². The molecule has 3 heterocycles. The Kier molecular flexibility index (Phi) is 5.05. The fraction of sp³-hybridized carbons (Fsp3) is 0.292. The molecular formula is C24H25N5O. The summed E-state index contributed by atoms with van der Waals surface area (Å²) in [4.78, 5) is 22.9. The standard InChI is InChI=1S/C24H25N5O/c30-23(11-10-18-16-25-29(17-18)20-6-2-1-3-7-20)28-14-12-19(13-15-28)24-26-21-8-4-5-9-22(21)27-24/h1-9,16-17,19H,10-15H2,(H,26,27). The van der Waals surface area contributed by atoms with E-state index in [-0.39, 0.29) is 5.91 Å². The van der Waals surface area contributed by atoms with Crippen LogP contribution in [0.4, 0.5) is 0 Å². The number of nitrogens with zero attached hydrogens (tertiary/aromatic N) is 4. The molecule has 0 spiro atoms. The van der Waals surface area contributed by atoms with Crippen LogP contribution < -0.4 is 0 Å². The van der Waals surface area contributed by atoms with Gasteiger partial charge in [-0.05, 0) is 49.1 Å². The quantitative estimate of drug-likeness (QED) is 0.550. The van der Waals surface area contributed by atoms with Crippen LogP contribution >= 0.6 is 0 Å². The molecule has 0 saturated carbocycles. The molecule has 2 aromatic carbocycles. The average molecular weight is 399 g/mol. The first kappa shape index (κ1) is 18.6. The van der Waals surface area contributed by atoms with Crippen LogP contribution in [0.3, 0.4) is 0 Å². The SMILES string of the molecule is O=C(CCc1cnn(-c2ccccc2)c1)N1CCC(c2nc3ccccc3[nH]2)CC1. The van der Waals surface area contributed by atoms with Crippen molar-refractivity contribution in [1.29, 1.82) is 0 Å². The topological polar surface area (TPSA) is 66.8 Å². The van der Waals surface area contributed by atoms with Gasteiger partial charge >= 0.3 is 0 Å². The number of para-hydroxylation sites is 3. The molecule has 4 aromatic rings. The number of carbonyl (C=O) groups is 1. The van der Waals surface area contributed by atoms with E-state index in [1.54, 1.807) is 0 Å². The van der Waals surface area contributed by atoms with Gasteiger partial charge in [-0.25, -0.2) is 9.67 Å². The first-order chi connectivity index (χ1) is 14.8. The first-order valence-electron chi connectivity index (χ1n) is 10.6. The second-order valence-electron chi connectivity index (χ2n) is 7.92. The van der Waals surface area contributed by atoms with Crippen LogP contribution in [0, 0.1) is 0 Å². The van der Waals surface area contributed by atoms with Gasteiger partial charge in [0.25, 0.3) is 0 Å². The van der Waals surface area contributed by atoms with Crippen molar-refractivity contribution < 1.29 is 4.79 Å². The minimum Gasteiger partial charge on any atom is -0.343 e. The van der Waals surface area contributed by atoms with E-state index in [1.807, 2.05) is 70.5 Å². The summed E-state index contributed by atoms with van der Waals surface area (Å²) in [6.07, 6.45) is 7.02. The zero-order valence-electron chi connectivity index (χ0n) is 16.9. The van der Waals surface area contributed by atoms with Crippen LogP contribution in [-0.4, -0.2) is 43.6 Å². The number of H-pyrrole nitrogens is 1. The van der Waals surface area contributed by atoms with E-state index >= 15 is 0 Å². The zero-order chi connectivity index (χ0) is 20.3. The lowest BCUT2D eigenvalue weighted by Gasteiger charge is -2.31. The summed E-state index contributed by atoms with van der Waals surface area (Å²) in [6.45, 7) is 1.59. The largest absolute Gasteiger partial charge is 0.343 e. The number of benzene rings is 2. The Balaban J connectivity index is 1.14. The lowest BCUT2D eigenvalue weighted by molar-refractivity contribution is -0.132. The summed E-state index contributed by atoms with van der Waals surface area (Å²) in [5.74, 6) is 1.67. The van der Waals surface area contributed by atoms with Gasteiger partial charge in [-0.3, -0.25) is 4.79 Å². The molecule has 152 valence electrons. The maximum Gasteiger partial charge on any atom is 0.222 e. The number of piperidine rings is 1. The van der Waals surface area contributed by atoms with Gasteiger partial charge in [-0.2, -0.15) is 5.10 Å². The summed E-state index contributed by atoms with van der Waals surface area (Å²) in [5, 5.41) is 4.42. The third-order valence-electron chi connectivity index (χ3n) is 5.93. The normalized spacial score (nSPS) is 15.0. The molecule has 0 atom stereocenters. The van der Waals surface area contributed by atoms with Crippen molar-refractivity contribution in [2.45, 2.75) is 31.6 Å². The van der Waals surface area contributed by atoms with Crippen molar-refractivity contribution in [3.8, 4) is 5.69 Å². The van der Waals surface area contributed by atoms with E-state index in [1.165, 1.54) is 0 Å². The highest BCUT2D eigenvalue weighted by Gasteiger charge is 2.25. The maximum atomic E-state index is 12.7. The molecule has 1 saturated heterocycles. The molecule has 0 unspecified atom stereocenters. The minimum absolute atomic E-state index is 0.227. The van der Waals surface area contributed by atoms with E-state index < -0.39 is 0 Å². The molecule has 5 rings (SSSR count). The van der Waals surface area contributed by atoms with E-state index in [2.05, 4.69) is 16.1 Å². The third kappa shape index (κ3) is 3.85. The number of aromatic nitrogens is 4. The third-order valence-corrected chi connectivity index (χ3v) is 5.93. The van der Waals surface area contributed by atoms with Crippen molar-refractivity contribution in [2.75, 3.05) is 13.1 Å². The minimum atomic E-state index is 0.227. The summed E-state index contributed by atoms with van der Waals surface area (Å²) in [7, 11) is 0. The van der Waals surface area contributed by atoms with Crippen LogP contribution in [0.15, 0.2) is 67.0 Å². The molecule has 2 aromatic heterocycles. The van der Waals surface area contributed by atoms with Crippen molar-refractivity contribution >= 4 is 16.9 Å². The summed E-state index contributed by atoms with van der Waals surface area (Å²) in [6, 6.07) is 18.2. The Hall–Kier alpha value is -3.41. The molecule has 1 aliphatic heterocycles. The number of aryl methyl sites for hydroxylation is 1. The molecule has 1 N–H and O–H groups in total. The average Bonchev–Trinajstić information content (AvgIpc) is 3.45. The molecule has 6 heteroatoms. The Bertz CT molecular complexity index is 1110. The summed E-state index contributed by atoms with van der Waals surface area (Å²) >= 11 is 0. The molecule has 0 bridgehead atoms. The molecule has 6 nitrogen and oxygen atoms in total. The highest BCUT2D eigenvalue weighted by Crippen LogP contribution is 2.28. The zero-order valence-corrected chi connectivity index (χ0v) is 16.9. The van der Waals surface area contributed by atoms with Gasteiger partial charge in [0, 0.05) is 31.6 Å². The molecule has 1 aliphatic rings. The monoisotopic (exact) mass is 399 g/mol. The van der Waals surface area contributed by atoms with Gasteiger partial charge in [-0.15, -0.1) is 0 Å². The number of rotatable bonds is 5. The predicted molar refractivity (Wildman–Crippen MR) is 117 cm³/mol. The van der Waals surface area contributed by atoms with Crippen molar-refractivity contribution in [3.05, 3.63) is 78.4 Å². The number of nitrogens with one attached hydrogen (secondary N) is 1. The van der Waals surface area contributed by atoms with Crippen LogP contribution in [0.2, 0.25) is 0 Å². The number of amides is 1. The fourth-order valence-corrected chi connectivity index (χ4v) is 4.19. The highest BCUT2D eigenvalue weighted by molar-refractivity contribution is 5.77. The molecular weight excluding hydrogens is 374 g/mol. The smallest absolute Gasteiger partial charge is 0.222 e. The Morgan fingerprint density at radius 2 is 1.80 bits per heavy atom. The van der Waals surface area contributed by atoms with Gasteiger partial charge in [-0.1, -0.05) is 30.3 Å². The van der Waals surface area contributed by atoms with E-state index in [4.69, 9.17) is 4.98 Å². The number of imidazole rings is 1. The molecule has 1 amide bonds. The van der Waals surface area contributed by atoms with E-state index in [9.17, 15) is 4.79 Å². The van der Waals surface area contributed by atoms with E-state index in [0.29, 0.717) is 12.3 Å². The van der Waals surface area contributed by atoms with Gasteiger partial charge in [0.15, 0.2) is 0 Å². The Morgan fingerprint density at radius 3 is 2.60 bits per heavy atom.